The number of rotatable bonds is 4. The van der Waals surface area contributed by atoms with Gasteiger partial charge in [-0.3, -0.25) is 14.5 Å². The topological polar surface area (TPSA) is 84.8 Å². The van der Waals surface area contributed by atoms with Crippen LogP contribution in [0.2, 0.25) is 5.02 Å². The lowest BCUT2D eigenvalue weighted by Gasteiger charge is -2.04. The van der Waals surface area contributed by atoms with Crippen molar-refractivity contribution in [2.75, 3.05) is 6.54 Å². The molecule has 1 N–H and O–H groups in total. The van der Waals surface area contributed by atoms with Gasteiger partial charge in [-0.25, -0.2) is 8.42 Å². The predicted molar refractivity (Wildman–Crippen MR) is 89.4 cm³/mol. The molecule has 0 unspecified atom stereocenters. The third kappa shape index (κ3) is 3.58. The molecule has 124 valence electrons. The van der Waals surface area contributed by atoms with Gasteiger partial charge in [-0.05, 0) is 29.8 Å². The van der Waals surface area contributed by atoms with Crippen molar-refractivity contribution in [3.8, 4) is 0 Å². The Balaban J connectivity index is 1.64. The van der Waals surface area contributed by atoms with Crippen molar-refractivity contribution in [1.82, 2.24) is 4.72 Å². The molecule has 1 aliphatic rings. The average molecular weight is 365 g/mol. The van der Waals surface area contributed by atoms with Crippen LogP contribution >= 0.6 is 11.6 Å². The van der Waals surface area contributed by atoms with E-state index in [1.54, 1.807) is 42.5 Å². The van der Waals surface area contributed by atoms with E-state index in [1.165, 1.54) is 6.07 Å². The normalized spacial score (nSPS) is 16.5. The molecule has 0 fully saturated rings. The summed E-state index contributed by atoms with van der Waals surface area (Å²) in [6, 6.07) is 13.4. The summed E-state index contributed by atoms with van der Waals surface area (Å²) in [6.45, 7) is -0.178. The smallest absolute Gasteiger partial charge is 0.328 e. The fourth-order valence-corrected chi connectivity index (χ4v) is 3.56. The number of ether oxygens (including phenoxy) is 1. The Hall–Kier alpha value is -2.38. The first-order chi connectivity index (χ1) is 11.5. The monoisotopic (exact) mass is 364 g/mol. The average Bonchev–Trinajstić information content (AvgIpc) is 2.84. The quantitative estimate of drug-likeness (QED) is 0.842. The van der Waals surface area contributed by atoms with Crippen LogP contribution in [-0.4, -0.2) is 26.8 Å². The van der Waals surface area contributed by atoms with Crippen molar-refractivity contribution in [3.05, 3.63) is 64.7 Å². The number of hydrogen-bond acceptors (Lipinski definition) is 5. The van der Waals surface area contributed by atoms with Crippen LogP contribution in [0.15, 0.2) is 58.4 Å². The molecule has 0 saturated carbocycles. The predicted octanol–water partition coefficient (Wildman–Crippen LogP) is 2.12. The molecule has 8 heteroatoms. The molecule has 1 heterocycles. The standard InChI is InChI=1S/C16H13ClN2O4S/c17-12-7-5-11(6-8-12)10-23-15(20)9-18-16-13-3-1-2-4-14(13)24(21,22)19-16/h1-8H,9-10H2,(H,18,19). The zero-order valence-electron chi connectivity index (χ0n) is 12.4. The number of nitrogens with zero attached hydrogens (tertiary/aromatic N) is 1. The van der Waals surface area contributed by atoms with Gasteiger partial charge in [0.2, 0.25) is 0 Å². The second-order valence-electron chi connectivity index (χ2n) is 5.05. The van der Waals surface area contributed by atoms with Crippen molar-refractivity contribution in [2.24, 2.45) is 4.99 Å². The lowest BCUT2D eigenvalue weighted by molar-refractivity contribution is -0.143. The molecule has 0 radical (unpaired) electrons. The molecule has 24 heavy (non-hydrogen) atoms. The van der Waals surface area contributed by atoms with Crippen molar-refractivity contribution in [1.29, 1.82) is 0 Å². The minimum atomic E-state index is -3.61. The van der Waals surface area contributed by atoms with Gasteiger partial charge < -0.3 is 4.74 Å². The Kier molecular flexibility index (Phi) is 4.55. The molecular formula is C16H13ClN2O4S. The van der Waals surface area contributed by atoms with Crippen LogP contribution in [0.3, 0.4) is 0 Å². The van der Waals surface area contributed by atoms with Crippen molar-refractivity contribution >= 4 is 33.4 Å². The van der Waals surface area contributed by atoms with E-state index in [0.717, 1.165) is 5.56 Å². The number of hydrogen-bond donors (Lipinski definition) is 1. The molecule has 0 saturated heterocycles. The molecule has 1 aliphatic heterocycles. The van der Waals surface area contributed by atoms with E-state index >= 15 is 0 Å². The van der Waals surface area contributed by atoms with Gasteiger partial charge in [0.15, 0.2) is 0 Å². The number of sulfonamides is 1. The first kappa shape index (κ1) is 16.5. The summed E-state index contributed by atoms with van der Waals surface area (Å²) in [4.78, 5) is 15.9. The highest BCUT2D eigenvalue weighted by molar-refractivity contribution is 7.90. The zero-order chi connectivity index (χ0) is 17.2. The van der Waals surface area contributed by atoms with Crippen LogP contribution in [0.4, 0.5) is 0 Å². The van der Waals surface area contributed by atoms with Crippen molar-refractivity contribution in [2.45, 2.75) is 11.5 Å². The molecule has 0 amide bonds. The number of carbonyl (C=O) groups is 1. The minimum Gasteiger partial charge on any atom is -0.459 e. The number of amidine groups is 1. The summed E-state index contributed by atoms with van der Waals surface area (Å²) in [7, 11) is -3.61. The van der Waals surface area contributed by atoms with E-state index in [1.807, 2.05) is 0 Å². The Labute approximate surface area is 144 Å². The Bertz CT molecular complexity index is 908. The number of esters is 1. The number of halogens is 1. The van der Waals surface area contributed by atoms with Crippen LogP contribution in [0, 0.1) is 0 Å². The summed E-state index contributed by atoms with van der Waals surface area (Å²) >= 11 is 5.78. The lowest BCUT2D eigenvalue weighted by atomic mass is 10.2. The van der Waals surface area contributed by atoms with E-state index in [2.05, 4.69) is 9.71 Å². The molecule has 0 aliphatic carbocycles. The molecule has 0 spiro atoms. The zero-order valence-corrected chi connectivity index (χ0v) is 14.0. The third-order valence-electron chi connectivity index (χ3n) is 3.34. The van der Waals surface area contributed by atoms with Gasteiger partial charge in [0, 0.05) is 10.6 Å². The van der Waals surface area contributed by atoms with Gasteiger partial charge in [-0.1, -0.05) is 35.9 Å². The maximum atomic E-state index is 11.9. The van der Waals surface area contributed by atoms with Gasteiger partial charge >= 0.3 is 5.97 Å². The first-order valence-corrected chi connectivity index (χ1v) is 8.88. The summed E-state index contributed by atoms with van der Waals surface area (Å²) in [5.74, 6) is -0.407. The van der Waals surface area contributed by atoms with E-state index in [-0.39, 0.29) is 23.9 Å². The summed E-state index contributed by atoms with van der Waals surface area (Å²) in [5, 5.41) is 0.601. The van der Waals surface area contributed by atoms with Gasteiger partial charge in [0.1, 0.15) is 19.0 Å². The third-order valence-corrected chi connectivity index (χ3v) is 4.99. The van der Waals surface area contributed by atoms with Crippen LogP contribution in [-0.2, 0) is 26.2 Å². The highest BCUT2D eigenvalue weighted by Gasteiger charge is 2.30. The van der Waals surface area contributed by atoms with E-state index in [4.69, 9.17) is 16.3 Å². The van der Waals surface area contributed by atoms with Gasteiger partial charge in [0.25, 0.3) is 10.0 Å². The largest absolute Gasteiger partial charge is 0.459 e. The SMILES string of the molecule is O=C(CN=C1NS(=O)(=O)c2ccccc21)OCc1ccc(Cl)cc1. The fourth-order valence-electron chi connectivity index (χ4n) is 2.18. The number of nitrogens with one attached hydrogen (secondary N) is 1. The summed E-state index contributed by atoms with van der Waals surface area (Å²) in [6.07, 6.45) is 0. The molecule has 0 atom stereocenters. The number of aliphatic imine (C=N–C) groups is 1. The van der Waals surface area contributed by atoms with E-state index < -0.39 is 16.0 Å². The Morgan fingerprint density at radius 1 is 1.12 bits per heavy atom. The maximum Gasteiger partial charge on any atom is 0.328 e. The molecule has 0 bridgehead atoms. The van der Waals surface area contributed by atoms with Gasteiger partial charge in [-0.2, -0.15) is 0 Å². The maximum absolute atomic E-state index is 11.9. The van der Waals surface area contributed by atoms with Crippen LogP contribution in [0.25, 0.3) is 0 Å². The fraction of sp³-hybridized carbons (Fsp3) is 0.125. The molecule has 3 rings (SSSR count). The van der Waals surface area contributed by atoms with Gasteiger partial charge in [0.05, 0.1) is 4.90 Å². The van der Waals surface area contributed by atoms with E-state index in [0.29, 0.717) is 10.6 Å². The molecular weight excluding hydrogens is 352 g/mol. The van der Waals surface area contributed by atoms with Crippen molar-refractivity contribution in [3.63, 3.8) is 0 Å². The Morgan fingerprint density at radius 2 is 1.83 bits per heavy atom. The Morgan fingerprint density at radius 3 is 2.58 bits per heavy atom. The summed E-state index contributed by atoms with van der Waals surface area (Å²) < 4.78 is 31.3. The number of carbonyl (C=O) groups excluding carboxylic acids is 1. The van der Waals surface area contributed by atoms with Crippen molar-refractivity contribution < 1.29 is 17.9 Å². The van der Waals surface area contributed by atoms with E-state index in [9.17, 15) is 13.2 Å². The molecule has 2 aromatic rings. The highest BCUT2D eigenvalue weighted by Crippen LogP contribution is 2.22. The number of benzene rings is 2. The van der Waals surface area contributed by atoms with Crippen LogP contribution in [0.1, 0.15) is 11.1 Å². The molecule has 0 aromatic heterocycles. The molecule has 6 nitrogen and oxygen atoms in total. The molecule has 2 aromatic carbocycles. The lowest BCUT2D eigenvalue weighted by Crippen LogP contribution is -2.23. The van der Waals surface area contributed by atoms with Crippen LogP contribution in [0.5, 0.6) is 0 Å². The summed E-state index contributed by atoms with van der Waals surface area (Å²) in [5.41, 5.74) is 1.25. The first-order valence-electron chi connectivity index (χ1n) is 7.02. The minimum absolute atomic E-state index is 0.100. The van der Waals surface area contributed by atoms with Crippen LogP contribution < -0.4 is 4.72 Å². The second-order valence-corrected chi connectivity index (χ2v) is 7.14. The van der Waals surface area contributed by atoms with Gasteiger partial charge in [-0.15, -0.1) is 0 Å². The number of fused-ring (bicyclic) bond motifs is 1. The second kappa shape index (κ2) is 6.62. The highest BCUT2D eigenvalue weighted by atomic mass is 35.5.